The van der Waals surface area contributed by atoms with Gasteiger partial charge in [-0.1, -0.05) is 26.2 Å². The van der Waals surface area contributed by atoms with Gasteiger partial charge in [0.05, 0.1) is 13.0 Å². The van der Waals surface area contributed by atoms with Gasteiger partial charge in [0.25, 0.3) is 0 Å². The highest BCUT2D eigenvalue weighted by atomic mass is 16.4. The SMILES string of the molecule is CCCCCC(C)NC(=O)CN1CC(CC(=O)O)C1. The molecule has 0 aromatic heterocycles. The smallest absolute Gasteiger partial charge is 0.303 e. The topological polar surface area (TPSA) is 69.6 Å². The largest absolute Gasteiger partial charge is 0.481 e. The first-order chi connectivity index (χ1) is 9.01. The normalized spacial score (nSPS) is 17.8. The molecule has 1 fully saturated rings. The summed E-state index contributed by atoms with van der Waals surface area (Å²) in [4.78, 5) is 24.3. The predicted octanol–water partition coefficient (Wildman–Crippen LogP) is 1.48. The zero-order chi connectivity index (χ0) is 14.3. The van der Waals surface area contributed by atoms with Crippen LogP contribution in [-0.4, -0.2) is 47.6 Å². The number of carboxylic acids is 1. The Hall–Kier alpha value is -1.10. The van der Waals surface area contributed by atoms with E-state index in [4.69, 9.17) is 5.11 Å². The Bertz CT molecular complexity index is 301. The van der Waals surface area contributed by atoms with Crippen LogP contribution in [0.4, 0.5) is 0 Å². The summed E-state index contributed by atoms with van der Waals surface area (Å²) in [7, 11) is 0. The lowest BCUT2D eigenvalue weighted by Gasteiger charge is -2.38. The van der Waals surface area contributed by atoms with E-state index in [2.05, 4.69) is 12.2 Å². The van der Waals surface area contributed by atoms with Gasteiger partial charge in [0.2, 0.25) is 5.91 Å². The number of unbranched alkanes of at least 4 members (excludes halogenated alkanes) is 2. The van der Waals surface area contributed by atoms with Crippen molar-refractivity contribution >= 4 is 11.9 Å². The van der Waals surface area contributed by atoms with Crippen molar-refractivity contribution in [1.29, 1.82) is 0 Å². The second-order valence-electron chi connectivity index (χ2n) is 5.62. The lowest BCUT2D eigenvalue weighted by atomic mass is 9.96. The molecule has 0 spiro atoms. The minimum Gasteiger partial charge on any atom is -0.481 e. The van der Waals surface area contributed by atoms with Crippen LogP contribution in [0, 0.1) is 5.92 Å². The van der Waals surface area contributed by atoms with Gasteiger partial charge in [-0.3, -0.25) is 14.5 Å². The summed E-state index contributed by atoms with van der Waals surface area (Å²) in [6.45, 7) is 6.06. The number of hydrogen-bond acceptors (Lipinski definition) is 3. The highest BCUT2D eigenvalue weighted by molar-refractivity contribution is 5.78. The second kappa shape index (κ2) is 8.15. The van der Waals surface area contributed by atoms with Gasteiger partial charge >= 0.3 is 5.97 Å². The monoisotopic (exact) mass is 270 g/mol. The van der Waals surface area contributed by atoms with Gasteiger partial charge in [-0.25, -0.2) is 0 Å². The molecule has 1 heterocycles. The van der Waals surface area contributed by atoms with Crippen LogP contribution in [-0.2, 0) is 9.59 Å². The molecular weight excluding hydrogens is 244 g/mol. The van der Waals surface area contributed by atoms with Gasteiger partial charge in [0, 0.05) is 19.1 Å². The maximum Gasteiger partial charge on any atom is 0.303 e. The molecule has 19 heavy (non-hydrogen) atoms. The molecule has 0 bridgehead atoms. The van der Waals surface area contributed by atoms with E-state index in [1.807, 2.05) is 11.8 Å². The van der Waals surface area contributed by atoms with E-state index in [1.165, 1.54) is 12.8 Å². The van der Waals surface area contributed by atoms with Crippen molar-refractivity contribution in [1.82, 2.24) is 10.2 Å². The molecule has 0 aromatic rings. The van der Waals surface area contributed by atoms with Gasteiger partial charge in [-0.05, 0) is 19.3 Å². The number of nitrogens with zero attached hydrogens (tertiary/aromatic N) is 1. The Morgan fingerprint density at radius 2 is 2.05 bits per heavy atom. The van der Waals surface area contributed by atoms with Crippen LogP contribution < -0.4 is 5.32 Å². The Kier molecular flexibility index (Phi) is 6.84. The van der Waals surface area contributed by atoms with Crippen LogP contribution in [0.3, 0.4) is 0 Å². The van der Waals surface area contributed by atoms with E-state index in [-0.39, 0.29) is 24.3 Å². The number of hydrogen-bond donors (Lipinski definition) is 2. The van der Waals surface area contributed by atoms with Crippen molar-refractivity contribution in [3.63, 3.8) is 0 Å². The van der Waals surface area contributed by atoms with E-state index < -0.39 is 5.97 Å². The molecular formula is C14H26N2O3. The first-order valence-corrected chi connectivity index (χ1v) is 7.24. The summed E-state index contributed by atoms with van der Waals surface area (Å²) in [5.74, 6) is -0.483. The summed E-state index contributed by atoms with van der Waals surface area (Å²) in [5.41, 5.74) is 0. The highest BCUT2D eigenvalue weighted by Crippen LogP contribution is 2.18. The molecule has 1 unspecified atom stereocenters. The Balaban J connectivity index is 2.07. The summed E-state index contributed by atoms with van der Waals surface area (Å²) in [6, 6.07) is 0.232. The molecule has 5 heteroatoms. The molecule has 1 rings (SSSR count). The fourth-order valence-electron chi connectivity index (χ4n) is 2.48. The number of nitrogens with one attached hydrogen (secondary N) is 1. The van der Waals surface area contributed by atoms with Crippen molar-refractivity contribution < 1.29 is 14.7 Å². The van der Waals surface area contributed by atoms with Crippen LogP contribution in [0.1, 0.15) is 46.0 Å². The molecule has 110 valence electrons. The van der Waals surface area contributed by atoms with Gasteiger partial charge in [0.15, 0.2) is 0 Å². The Labute approximate surface area is 115 Å². The molecule has 1 aliphatic rings. The third-order valence-corrected chi connectivity index (χ3v) is 3.51. The number of amides is 1. The maximum absolute atomic E-state index is 11.7. The lowest BCUT2D eigenvalue weighted by Crippen LogP contribution is -2.52. The third kappa shape index (κ3) is 6.57. The summed E-state index contributed by atoms with van der Waals surface area (Å²) >= 11 is 0. The molecule has 1 saturated heterocycles. The lowest BCUT2D eigenvalue weighted by molar-refractivity contribution is -0.139. The van der Waals surface area contributed by atoms with Crippen molar-refractivity contribution in [2.24, 2.45) is 5.92 Å². The third-order valence-electron chi connectivity index (χ3n) is 3.51. The molecule has 5 nitrogen and oxygen atoms in total. The van der Waals surface area contributed by atoms with E-state index in [0.717, 1.165) is 25.9 Å². The van der Waals surface area contributed by atoms with Crippen LogP contribution in [0.15, 0.2) is 0 Å². The van der Waals surface area contributed by atoms with E-state index in [0.29, 0.717) is 6.54 Å². The number of carbonyl (C=O) groups excluding carboxylic acids is 1. The average Bonchev–Trinajstić information content (AvgIpc) is 2.25. The first-order valence-electron chi connectivity index (χ1n) is 7.24. The van der Waals surface area contributed by atoms with Crippen LogP contribution in [0.2, 0.25) is 0 Å². The second-order valence-corrected chi connectivity index (χ2v) is 5.62. The number of aliphatic carboxylic acids is 1. The number of carbonyl (C=O) groups is 2. The molecule has 0 aliphatic carbocycles. The van der Waals surface area contributed by atoms with Gasteiger partial charge < -0.3 is 10.4 Å². The van der Waals surface area contributed by atoms with E-state index in [9.17, 15) is 9.59 Å². The standard InChI is InChI=1S/C14H26N2O3/c1-3-4-5-6-11(2)15-13(17)10-16-8-12(9-16)7-14(18)19/h11-12H,3-10H2,1-2H3,(H,15,17)(H,18,19). The zero-order valence-electron chi connectivity index (χ0n) is 12.0. The molecule has 1 atom stereocenters. The van der Waals surface area contributed by atoms with Crippen molar-refractivity contribution in [3.8, 4) is 0 Å². The number of likely N-dealkylation sites (tertiary alicyclic amines) is 1. The van der Waals surface area contributed by atoms with E-state index in [1.54, 1.807) is 0 Å². The summed E-state index contributed by atoms with van der Waals surface area (Å²) in [5, 5.41) is 11.6. The molecule has 0 saturated carbocycles. The van der Waals surface area contributed by atoms with Gasteiger partial charge in [0.1, 0.15) is 0 Å². The summed E-state index contributed by atoms with van der Waals surface area (Å²) in [6.07, 6.45) is 4.80. The quantitative estimate of drug-likeness (QED) is 0.623. The average molecular weight is 270 g/mol. The predicted molar refractivity (Wildman–Crippen MR) is 73.9 cm³/mol. The number of rotatable bonds is 9. The van der Waals surface area contributed by atoms with Crippen LogP contribution >= 0.6 is 0 Å². The molecule has 1 aliphatic heterocycles. The van der Waals surface area contributed by atoms with Crippen LogP contribution in [0.25, 0.3) is 0 Å². The van der Waals surface area contributed by atoms with E-state index >= 15 is 0 Å². The Morgan fingerprint density at radius 3 is 2.63 bits per heavy atom. The fraction of sp³-hybridized carbons (Fsp3) is 0.857. The molecule has 1 amide bonds. The van der Waals surface area contributed by atoms with Crippen molar-refractivity contribution in [2.75, 3.05) is 19.6 Å². The minimum atomic E-state index is -0.751. The minimum absolute atomic E-state index is 0.0535. The molecule has 0 aromatic carbocycles. The molecule has 0 radical (unpaired) electrons. The molecule has 2 N–H and O–H groups in total. The number of carboxylic acid groups (broad SMARTS) is 1. The van der Waals surface area contributed by atoms with Crippen molar-refractivity contribution in [2.45, 2.75) is 52.0 Å². The zero-order valence-corrected chi connectivity index (χ0v) is 12.0. The Morgan fingerprint density at radius 1 is 1.37 bits per heavy atom. The van der Waals surface area contributed by atoms with Gasteiger partial charge in [-0.15, -0.1) is 0 Å². The van der Waals surface area contributed by atoms with Crippen LogP contribution in [0.5, 0.6) is 0 Å². The summed E-state index contributed by atoms with van der Waals surface area (Å²) < 4.78 is 0. The fourth-order valence-corrected chi connectivity index (χ4v) is 2.48. The van der Waals surface area contributed by atoms with Gasteiger partial charge in [-0.2, -0.15) is 0 Å². The first kappa shape index (κ1) is 16.0. The maximum atomic E-state index is 11.7. The highest BCUT2D eigenvalue weighted by Gasteiger charge is 2.29. The van der Waals surface area contributed by atoms with Crippen molar-refractivity contribution in [3.05, 3.63) is 0 Å².